The summed E-state index contributed by atoms with van der Waals surface area (Å²) in [7, 11) is -8.44. The van der Waals surface area contributed by atoms with Crippen LogP contribution in [-0.4, -0.2) is 136 Å². The molecule has 8 N–H and O–H groups in total. The van der Waals surface area contributed by atoms with E-state index in [9.17, 15) is 28.5 Å². The SMILES string of the molecule is CP(=O)(O)CO[C@H](CO)Cn1cnc2c(N)ncnc21.CP1(=O)CO[C@@H](Cn2ccc(N)nc2=O)CO1.CP1(=O)CO[C@@H](Cn2cnc3c(N)ncnc32)CO1. The third-order valence-corrected chi connectivity index (χ3v) is 11.1. The van der Waals surface area contributed by atoms with E-state index in [1.165, 1.54) is 42.9 Å². The Morgan fingerprint density at radius 3 is 1.88 bits per heavy atom. The summed E-state index contributed by atoms with van der Waals surface area (Å²) in [5.74, 6) is 0.802. The van der Waals surface area contributed by atoms with Crippen molar-refractivity contribution in [2.75, 3.05) is 76.1 Å². The number of aliphatic hydroxyl groups is 1. The summed E-state index contributed by atoms with van der Waals surface area (Å²) >= 11 is 0. The summed E-state index contributed by atoms with van der Waals surface area (Å²) in [5, 5.41) is 9.26. The molecule has 0 saturated carbocycles. The van der Waals surface area contributed by atoms with Gasteiger partial charge in [0.05, 0.1) is 64.3 Å². The van der Waals surface area contributed by atoms with Gasteiger partial charge in [-0.2, -0.15) is 4.98 Å². The summed E-state index contributed by atoms with van der Waals surface area (Å²) in [6.45, 7) is 5.59. The van der Waals surface area contributed by atoms with Gasteiger partial charge in [0, 0.05) is 26.2 Å². The number of nitrogens with zero attached hydrogens (tertiary/aromatic N) is 10. The number of hydrogen-bond acceptors (Lipinski definition) is 20. The third kappa shape index (κ3) is 12.1. The highest BCUT2D eigenvalue weighted by atomic mass is 31.2. The number of nitrogen functional groups attached to an aromatic ring is 3. The Labute approximate surface area is 319 Å². The van der Waals surface area contributed by atoms with Crippen molar-refractivity contribution in [3.8, 4) is 0 Å². The van der Waals surface area contributed by atoms with Gasteiger partial charge in [-0.3, -0.25) is 18.3 Å². The molecule has 2 aliphatic heterocycles. The van der Waals surface area contributed by atoms with Crippen molar-refractivity contribution in [2.45, 2.75) is 37.9 Å². The molecular weight excluding hydrogens is 799 g/mol. The van der Waals surface area contributed by atoms with E-state index in [2.05, 4.69) is 34.9 Å². The van der Waals surface area contributed by atoms with Gasteiger partial charge in [0.2, 0.25) is 22.1 Å². The van der Waals surface area contributed by atoms with Gasteiger partial charge in [0.25, 0.3) is 0 Å². The minimum Gasteiger partial charge on any atom is -0.394 e. The van der Waals surface area contributed by atoms with Crippen LogP contribution < -0.4 is 22.9 Å². The second-order valence-corrected chi connectivity index (χ2v) is 20.5. The predicted octanol–water partition coefficient (Wildman–Crippen LogP) is 0.439. The largest absolute Gasteiger partial charge is 0.394 e. The Bertz CT molecular complexity index is 2290. The van der Waals surface area contributed by atoms with Crippen molar-refractivity contribution < 1.29 is 47.0 Å². The van der Waals surface area contributed by atoms with Gasteiger partial charge in [0.15, 0.2) is 22.9 Å². The standard InChI is InChI=1S/C10H16N5O4P.C10H14N5O3P.C9H14N3O4P/c1-20(17,18)6-19-7(3-16)2-15-5-14-8-9(11)12-4-13-10(8)15;1-19(16)6-17-7(3-18-19)2-15-5-14-8-9(11)12-4-13-10(8)15;1-17(14)6-15-7(5-16-17)4-12-3-2-8(10)11-9(12)13/h4-5,7,16H,2-3,6H2,1H3,(H,17,18)(H2,11,12,13);4-5,7H,2-3,6H2,1H3,(H2,11,12,13);2-3,7H,4-6H2,1H3,(H2,10,11,13)/t7-;7-,19?;7-,17?/m000/s1. The van der Waals surface area contributed by atoms with Crippen molar-refractivity contribution in [2.24, 2.45) is 0 Å². The summed E-state index contributed by atoms with van der Waals surface area (Å²) in [6.07, 6.45) is 6.21. The van der Waals surface area contributed by atoms with Gasteiger partial charge in [-0.15, -0.1) is 0 Å². The normalized spacial score (nSPS) is 24.0. The molecule has 0 bridgehead atoms. The van der Waals surface area contributed by atoms with Crippen LogP contribution in [0.5, 0.6) is 0 Å². The average Bonchev–Trinajstić information content (AvgIpc) is 3.75. The number of hydrogen-bond donors (Lipinski definition) is 5. The van der Waals surface area contributed by atoms with Crippen LogP contribution in [0.2, 0.25) is 0 Å². The molecule has 5 aromatic heterocycles. The van der Waals surface area contributed by atoms with Crippen LogP contribution in [0.25, 0.3) is 22.3 Å². The molecule has 306 valence electrons. The Hall–Kier alpha value is -4.21. The molecule has 0 aromatic carbocycles. The molecule has 56 heavy (non-hydrogen) atoms. The maximum Gasteiger partial charge on any atom is 0.349 e. The molecule has 6 atom stereocenters. The van der Waals surface area contributed by atoms with Crippen molar-refractivity contribution in [3.63, 3.8) is 0 Å². The number of anilines is 3. The number of ether oxygens (including phenoxy) is 3. The smallest absolute Gasteiger partial charge is 0.349 e. The third-order valence-electron chi connectivity index (χ3n) is 7.87. The monoisotopic (exact) mass is 843 g/mol. The highest BCUT2D eigenvalue weighted by Crippen LogP contribution is 2.46. The van der Waals surface area contributed by atoms with E-state index in [-0.39, 0.29) is 62.6 Å². The minimum atomic E-state index is -3.28. The number of aliphatic hydroxyl groups excluding tert-OH is 1. The lowest BCUT2D eigenvalue weighted by Crippen LogP contribution is -2.34. The van der Waals surface area contributed by atoms with Crippen LogP contribution in [-0.2, 0) is 56.6 Å². The summed E-state index contributed by atoms with van der Waals surface area (Å²) in [6, 6.07) is 1.54. The predicted molar refractivity (Wildman–Crippen MR) is 203 cm³/mol. The molecule has 0 amide bonds. The van der Waals surface area contributed by atoms with E-state index < -0.39 is 33.9 Å². The molecule has 3 unspecified atom stereocenters. The molecule has 24 nitrogen and oxygen atoms in total. The Kier molecular flexibility index (Phi) is 14.1. The van der Waals surface area contributed by atoms with E-state index in [4.69, 9.17) is 40.5 Å². The van der Waals surface area contributed by atoms with E-state index in [0.29, 0.717) is 47.8 Å². The zero-order valence-corrected chi connectivity index (χ0v) is 33.4. The van der Waals surface area contributed by atoms with Gasteiger partial charge < -0.3 is 59.6 Å². The first-order valence-electron chi connectivity index (χ1n) is 16.7. The Morgan fingerprint density at radius 2 is 1.39 bits per heavy atom. The molecule has 27 heteroatoms. The van der Waals surface area contributed by atoms with E-state index in [0.717, 1.165) is 0 Å². The van der Waals surface area contributed by atoms with Crippen molar-refractivity contribution >= 4 is 61.9 Å². The fourth-order valence-corrected chi connectivity index (χ4v) is 7.62. The highest BCUT2D eigenvalue weighted by molar-refractivity contribution is 7.58. The Balaban J connectivity index is 0.000000161. The highest BCUT2D eigenvalue weighted by Gasteiger charge is 2.29. The van der Waals surface area contributed by atoms with Crippen LogP contribution in [0.4, 0.5) is 17.5 Å². The molecule has 7 heterocycles. The Morgan fingerprint density at radius 1 is 0.875 bits per heavy atom. The van der Waals surface area contributed by atoms with Crippen molar-refractivity contribution in [1.29, 1.82) is 0 Å². The number of nitrogens with two attached hydrogens (primary N) is 3. The van der Waals surface area contributed by atoms with Gasteiger partial charge in [-0.05, 0) is 6.07 Å². The van der Waals surface area contributed by atoms with E-state index in [1.807, 2.05) is 4.57 Å². The second kappa shape index (κ2) is 18.4. The van der Waals surface area contributed by atoms with Crippen LogP contribution >= 0.6 is 22.1 Å². The quantitative estimate of drug-likeness (QED) is 0.119. The van der Waals surface area contributed by atoms with Gasteiger partial charge in [0.1, 0.15) is 54.7 Å². The molecule has 0 radical (unpaired) electrons. The molecule has 5 aromatic rings. The average molecular weight is 844 g/mol. The lowest BCUT2D eigenvalue weighted by Gasteiger charge is -2.27. The maximum absolute atomic E-state index is 11.6. The lowest BCUT2D eigenvalue weighted by molar-refractivity contribution is 0.00381. The minimum absolute atomic E-state index is 0.0782. The maximum atomic E-state index is 11.6. The van der Waals surface area contributed by atoms with Crippen LogP contribution in [0, 0.1) is 0 Å². The molecule has 2 fully saturated rings. The zero-order valence-electron chi connectivity index (χ0n) is 30.7. The first-order valence-corrected chi connectivity index (χ1v) is 23.6. The van der Waals surface area contributed by atoms with E-state index in [1.54, 1.807) is 23.8 Å². The van der Waals surface area contributed by atoms with Crippen LogP contribution in [0.3, 0.4) is 0 Å². The molecular formula is C29H44N13O11P3. The fourth-order valence-electron chi connectivity index (χ4n) is 5.06. The molecule has 0 spiro atoms. The second-order valence-electron chi connectivity index (χ2n) is 13.1. The first kappa shape index (κ1) is 42.9. The number of aromatic nitrogens is 10. The topological polar surface area (TPSA) is 338 Å². The molecule has 2 saturated heterocycles. The van der Waals surface area contributed by atoms with Gasteiger partial charge in [-0.25, -0.2) is 34.7 Å². The summed E-state index contributed by atoms with van der Waals surface area (Å²) < 4.78 is 65.8. The number of fused-ring (bicyclic) bond motifs is 2. The van der Waals surface area contributed by atoms with Gasteiger partial charge >= 0.3 is 5.69 Å². The fraction of sp³-hybridized carbons (Fsp3) is 0.517. The lowest BCUT2D eigenvalue weighted by atomic mass is 10.3. The molecule has 2 aliphatic rings. The number of imidazole rings is 2. The van der Waals surface area contributed by atoms with Gasteiger partial charge in [-0.1, -0.05) is 0 Å². The van der Waals surface area contributed by atoms with Crippen molar-refractivity contribution in [1.82, 2.24) is 48.6 Å². The van der Waals surface area contributed by atoms with Crippen molar-refractivity contribution in [3.05, 3.63) is 48.1 Å². The molecule has 0 aliphatic carbocycles. The zero-order chi connectivity index (χ0) is 40.7. The van der Waals surface area contributed by atoms with Crippen LogP contribution in [0.1, 0.15) is 0 Å². The number of rotatable bonds is 10. The first-order chi connectivity index (χ1) is 26.4. The van der Waals surface area contributed by atoms with E-state index >= 15 is 0 Å². The molecule has 7 rings (SSSR count). The summed E-state index contributed by atoms with van der Waals surface area (Å²) in [4.78, 5) is 48.4. The summed E-state index contributed by atoms with van der Waals surface area (Å²) in [5.41, 5.74) is 18.5. The van der Waals surface area contributed by atoms with Crippen LogP contribution in [0.15, 0.2) is 42.4 Å².